The fraction of sp³-hybridized carbons (Fsp3) is 0.235. The van der Waals surface area contributed by atoms with Gasteiger partial charge in [0.15, 0.2) is 0 Å². The minimum absolute atomic E-state index is 0.00550. The van der Waals surface area contributed by atoms with Gasteiger partial charge in [0.25, 0.3) is 5.91 Å². The Kier molecular flexibility index (Phi) is 7.08. The molecule has 0 aromatic heterocycles. The minimum Gasteiger partial charge on any atom is -0.480 e. The van der Waals surface area contributed by atoms with Crippen LogP contribution in [0.3, 0.4) is 0 Å². The number of thiocarbonyl (C=S) groups is 1. The molecule has 0 saturated carbocycles. The molecule has 1 aromatic carbocycles. The lowest BCUT2D eigenvalue weighted by Crippen LogP contribution is -2.44. The number of hydrogen-bond donors (Lipinski definition) is 3. The van der Waals surface area contributed by atoms with E-state index in [1.54, 1.807) is 6.08 Å². The molecule has 3 amide bonds. The van der Waals surface area contributed by atoms with Crippen LogP contribution >= 0.6 is 24.0 Å². The molecule has 0 spiro atoms. The van der Waals surface area contributed by atoms with E-state index in [1.807, 2.05) is 30.3 Å². The molecule has 1 aliphatic heterocycles. The zero-order valence-corrected chi connectivity index (χ0v) is 15.7. The molecule has 1 aromatic rings. The third-order valence-electron chi connectivity index (χ3n) is 3.57. The molecule has 1 fully saturated rings. The Balaban J connectivity index is 1.95. The number of rotatable bonds is 8. The van der Waals surface area contributed by atoms with Gasteiger partial charge in [-0.25, -0.2) is 4.79 Å². The van der Waals surface area contributed by atoms with Crippen molar-refractivity contribution in [2.75, 3.05) is 6.54 Å². The molecule has 1 aliphatic rings. The molecular weight excluding hydrogens is 390 g/mol. The number of nitrogens with one attached hydrogen (secondary N) is 1. The highest BCUT2D eigenvalue weighted by molar-refractivity contribution is 8.26. The van der Waals surface area contributed by atoms with Gasteiger partial charge in [-0.05, 0) is 11.6 Å². The van der Waals surface area contributed by atoms with Crippen molar-refractivity contribution in [1.29, 1.82) is 0 Å². The highest BCUT2D eigenvalue weighted by Gasteiger charge is 2.32. The van der Waals surface area contributed by atoms with E-state index < -0.39 is 30.2 Å². The second kappa shape index (κ2) is 9.28. The van der Waals surface area contributed by atoms with Crippen molar-refractivity contribution in [2.24, 2.45) is 5.73 Å². The number of aliphatic carboxylic acids is 1. The van der Waals surface area contributed by atoms with Crippen molar-refractivity contribution in [1.82, 2.24) is 10.2 Å². The standard InChI is InChI=1S/C17H17N3O5S2/c18-13(21)9-11(16(24)25)19-14(22)6-7-20-15(23)12(27-17(20)26)8-10-4-2-1-3-5-10/h1-5,8,11H,6-7,9H2,(H2,18,21)(H,19,22)(H,24,25)/b12-8-. The zero-order valence-electron chi connectivity index (χ0n) is 14.1. The van der Waals surface area contributed by atoms with Crippen LogP contribution in [0, 0.1) is 0 Å². The van der Waals surface area contributed by atoms with E-state index in [0.29, 0.717) is 9.23 Å². The van der Waals surface area contributed by atoms with Gasteiger partial charge in [0.2, 0.25) is 11.8 Å². The highest BCUT2D eigenvalue weighted by atomic mass is 32.2. The summed E-state index contributed by atoms with van der Waals surface area (Å²) in [6, 6.07) is 7.86. The summed E-state index contributed by atoms with van der Waals surface area (Å²) in [5, 5.41) is 11.2. The Morgan fingerprint density at radius 1 is 1.30 bits per heavy atom. The average molecular weight is 407 g/mol. The third kappa shape index (κ3) is 5.90. The predicted molar refractivity (Wildman–Crippen MR) is 104 cm³/mol. The van der Waals surface area contributed by atoms with E-state index in [1.165, 1.54) is 4.90 Å². The summed E-state index contributed by atoms with van der Waals surface area (Å²) in [5.74, 6) is -3.14. The number of carbonyl (C=O) groups is 4. The second-order valence-electron chi connectivity index (χ2n) is 5.62. The van der Waals surface area contributed by atoms with E-state index in [2.05, 4.69) is 5.32 Å². The zero-order chi connectivity index (χ0) is 20.0. The number of thioether (sulfide) groups is 1. The molecule has 142 valence electrons. The third-order valence-corrected chi connectivity index (χ3v) is 4.95. The van der Waals surface area contributed by atoms with Gasteiger partial charge < -0.3 is 16.2 Å². The molecule has 10 heteroatoms. The Morgan fingerprint density at radius 2 is 1.96 bits per heavy atom. The van der Waals surface area contributed by atoms with Crippen molar-refractivity contribution in [3.05, 3.63) is 40.8 Å². The van der Waals surface area contributed by atoms with Crippen LogP contribution < -0.4 is 11.1 Å². The highest BCUT2D eigenvalue weighted by Crippen LogP contribution is 2.32. The first-order valence-corrected chi connectivity index (χ1v) is 9.11. The molecule has 0 bridgehead atoms. The number of nitrogens with zero attached hydrogens (tertiary/aromatic N) is 1. The molecule has 27 heavy (non-hydrogen) atoms. The number of primary amides is 1. The number of amides is 3. The van der Waals surface area contributed by atoms with Crippen LogP contribution in [0.4, 0.5) is 0 Å². The van der Waals surface area contributed by atoms with Crippen LogP contribution in [-0.2, 0) is 19.2 Å². The van der Waals surface area contributed by atoms with E-state index in [9.17, 15) is 19.2 Å². The summed E-state index contributed by atoms with van der Waals surface area (Å²) in [5.41, 5.74) is 5.82. The number of carbonyl (C=O) groups excluding carboxylic acids is 3. The summed E-state index contributed by atoms with van der Waals surface area (Å²) < 4.78 is 0.321. The number of benzene rings is 1. The molecule has 1 heterocycles. The lowest BCUT2D eigenvalue weighted by molar-refractivity contribution is -0.143. The number of carboxylic acids is 1. The van der Waals surface area contributed by atoms with Crippen LogP contribution in [0.2, 0.25) is 0 Å². The maximum absolute atomic E-state index is 12.5. The molecule has 1 atom stereocenters. The summed E-state index contributed by atoms with van der Waals surface area (Å²) >= 11 is 6.33. The van der Waals surface area contributed by atoms with E-state index in [-0.39, 0.29) is 18.9 Å². The summed E-state index contributed by atoms with van der Waals surface area (Å²) in [4.78, 5) is 48.1. The summed E-state index contributed by atoms with van der Waals surface area (Å²) in [6.07, 6.45) is 1.04. The maximum Gasteiger partial charge on any atom is 0.326 e. The minimum atomic E-state index is -1.40. The Bertz CT molecular complexity index is 810. The predicted octanol–water partition coefficient (Wildman–Crippen LogP) is 0.723. The first kappa shape index (κ1) is 20.6. The SMILES string of the molecule is NC(=O)CC(NC(=O)CCN1C(=O)/C(=C/c2ccccc2)SC1=S)C(=O)O. The Labute approximate surface area is 164 Å². The smallest absolute Gasteiger partial charge is 0.326 e. The fourth-order valence-electron chi connectivity index (χ4n) is 2.27. The van der Waals surface area contributed by atoms with Crippen LogP contribution in [-0.4, -0.2) is 50.6 Å². The average Bonchev–Trinajstić information content (AvgIpc) is 2.86. The van der Waals surface area contributed by atoms with Crippen molar-refractivity contribution < 1.29 is 24.3 Å². The fourth-order valence-corrected chi connectivity index (χ4v) is 3.58. The molecule has 2 rings (SSSR count). The number of carboxylic acid groups (broad SMARTS) is 1. The lowest BCUT2D eigenvalue weighted by Gasteiger charge is -2.16. The van der Waals surface area contributed by atoms with Gasteiger partial charge >= 0.3 is 5.97 Å². The van der Waals surface area contributed by atoms with Gasteiger partial charge in [-0.1, -0.05) is 54.3 Å². The molecule has 4 N–H and O–H groups in total. The van der Waals surface area contributed by atoms with Crippen molar-refractivity contribution in [3.8, 4) is 0 Å². The Hall–Kier alpha value is -2.72. The normalized spacial score (nSPS) is 16.4. The van der Waals surface area contributed by atoms with E-state index in [4.69, 9.17) is 23.1 Å². The van der Waals surface area contributed by atoms with Crippen LogP contribution in [0.1, 0.15) is 18.4 Å². The van der Waals surface area contributed by atoms with Gasteiger partial charge in [-0.15, -0.1) is 0 Å². The van der Waals surface area contributed by atoms with Crippen molar-refractivity contribution in [2.45, 2.75) is 18.9 Å². The van der Waals surface area contributed by atoms with Gasteiger partial charge in [-0.2, -0.15) is 0 Å². The first-order chi connectivity index (χ1) is 12.8. The van der Waals surface area contributed by atoms with Crippen LogP contribution in [0.15, 0.2) is 35.2 Å². The first-order valence-electron chi connectivity index (χ1n) is 7.89. The molecule has 0 radical (unpaired) electrons. The summed E-state index contributed by atoms with van der Waals surface area (Å²) in [7, 11) is 0. The molecule has 8 nitrogen and oxygen atoms in total. The lowest BCUT2D eigenvalue weighted by atomic mass is 10.2. The molecule has 1 saturated heterocycles. The van der Waals surface area contributed by atoms with E-state index in [0.717, 1.165) is 17.3 Å². The monoisotopic (exact) mass is 407 g/mol. The molecular formula is C17H17N3O5S2. The topological polar surface area (TPSA) is 130 Å². The van der Waals surface area contributed by atoms with Gasteiger partial charge in [0, 0.05) is 13.0 Å². The number of hydrogen-bond acceptors (Lipinski definition) is 6. The molecule has 1 unspecified atom stereocenters. The van der Waals surface area contributed by atoms with Crippen LogP contribution in [0.25, 0.3) is 6.08 Å². The van der Waals surface area contributed by atoms with Gasteiger partial charge in [-0.3, -0.25) is 19.3 Å². The Morgan fingerprint density at radius 3 is 2.56 bits per heavy atom. The quantitative estimate of drug-likeness (QED) is 0.428. The van der Waals surface area contributed by atoms with Gasteiger partial charge in [0.1, 0.15) is 10.4 Å². The second-order valence-corrected chi connectivity index (χ2v) is 7.30. The number of nitrogens with two attached hydrogens (primary N) is 1. The largest absolute Gasteiger partial charge is 0.480 e. The van der Waals surface area contributed by atoms with Crippen molar-refractivity contribution in [3.63, 3.8) is 0 Å². The summed E-state index contributed by atoms with van der Waals surface area (Å²) in [6.45, 7) is 0.00550. The van der Waals surface area contributed by atoms with Gasteiger partial charge in [0.05, 0.1) is 11.3 Å². The van der Waals surface area contributed by atoms with Crippen LogP contribution in [0.5, 0.6) is 0 Å². The van der Waals surface area contributed by atoms with Crippen molar-refractivity contribution >= 4 is 58.1 Å². The maximum atomic E-state index is 12.5. The van der Waals surface area contributed by atoms with E-state index >= 15 is 0 Å². The molecule has 0 aliphatic carbocycles.